The Balaban J connectivity index is 1.74. The minimum absolute atomic E-state index is 0.0219. The number of sulfonamides is 1. The minimum atomic E-state index is -3.47. The quantitative estimate of drug-likeness (QED) is 0.825. The molecule has 0 saturated heterocycles. The molecule has 2 aromatic carbocycles. The monoisotopic (exact) mass is 375 g/mol. The van der Waals surface area contributed by atoms with Gasteiger partial charge < -0.3 is 0 Å². The van der Waals surface area contributed by atoms with Crippen LogP contribution in [0.3, 0.4) is 0 Å². The molecule has 2 aromatic rings. The van der Waals surface area contributed by atoms with Gasteiger partial charge in [-0.2, -0.15) is 0 Å². The highest BCUT2D eigenvalue weighted by molar-refractivity contribution is 8.00. The minimum Gasteiger partial charge on any atom is -0.207 e. The van der Waals surface area contributed by atoms with Crippen LogP contribution in [0.25, 0.3) is 0 Å². The van der Waals surface area contributed by atoms with E-state index < -0.39 is 10.0 Å². The molecule has 1 fully saturated rings. The SMILES string of the molecule is Cc1ccc(S[C@@H]2CCCC[C@H]2NS(=O)(=O)c2ccc(C)cc2)cc1. The first kappa shape index (κ1) is 18.5. The van der Waals surface area contributed by atoms with Crippen molar-refractivity contribution in [2.75, 3.05) is 0 Å². The Morgan fingerprint density at radius 2 is 1.44 bits per heavy atom. The summed E-state index contributed by atoms with van der Waals surface area (Å²) in [5.74, 6) is 0. The van der Waals surface area contributed by atoms with Crippen LogP contribution in [0, 0.1) is 13.8 Å². The van der Waals surface area contributed by atoms with Crippen LogP contribution < -0.4 is 4.72 Å². The summed E-state index contributed by atoms with van der Waals surface area (Å²) in [6.45, 7) is 4.03. The highest BCUT2D eigenvalue weighted by Crippen LogP contribution is 2.34. The van der Waals surface area contributed by atoms with Gasteiger partial charge in [-0.25, -0.2) is 13.1 Å². The predicted molar refractivity (Wildman–Crippen MR) is 105 cm³/mol. The van der Waals surface area contributed by atoms with E-state index in [0.717, 1.165) is 31.2 Å². The molecule has 5 heteroatoms. The zero-order valence-electron chi connectivity index (χ0n) is 14.7. The first-order chi connectivity index (χ1) is 11.9. The maximum atomic E-state index is 12.7. The van der Waals surface area contributed by atoms with Crippen LogP contribution >= 0.6 is 11.8 Å². The van der Waals surface area contributed by atoms with Crippen molar-refractivity contribution < 1.29 is 8.42 Å². The molecule has 1 N–H and O–H groups in total. The van der Waals surface area contributed by atoms with Crippen LogP contribution in [-0.2, 0) is 10.0 Å². The molecule has 0 aliphatic heterocycles. The standard InChI is InChI=1S/C20H25NO2S2/c1-15-7-11-17(12-8-15)24-20-6-4-3-5-19(20)21-25(22,23)18-13-9-16(2)10-14-18/h7-14,19-21H,3-6H2,1-2H3/t19-,20-/m1/s1. The highest BCUT2D eigenvalue weighted by atomic mass is 32.2. The van der Waals surface area contributed by atoms with Crippen LogP contribution in [0.1, 0.15) is 36.8 Å². The Hall–Kier alpha value is -1.30. The van der Waals surface area contributed by atoms with Crippen molar-refractivity contribution in [3.05, 3.63) is 59.7 Å². The highest BCUT2D eigenvalue weighted by Gasteiger charge is 2.30. The summed E-state index contributed by atoms with van der Waals surface area (Å²) in [7, 11) is -3.47. The van der Waals surface area contributed by atoms with Crippen molar-refractivity contribution in [1.29, 1.82) is 0 Å². The number of nitrogens with one attached hydrogen (secondary N) is 1. The lowest BCUT2D eigenvalue weighted by molar-refractivity contribution is 0.423. The van der Waals surface area contributed by atoms with Crippen molar-refractivity contribution >= 4 is 21.8 Å². The van der Waals surface area contributed by atoms with Crippen molar-refractivity contribution in [3.8, 4) is 0 Å². The van der Waals surface area contributed by atoms with E-state index >= 15 is 0 Å². The molecule has 0 spiro atoms. The van der Waals surface area contributed by atoms with E-state index in [0.29, 0.717) is 4.90 Å². The molecule has 1 aliphatic rings. The number of thioether (sulfide) groups is 1. The van der Waals surface area contributed by atoms with Gasteiger partial charge in [0.2, 0.25) is 10.0 Å². The van der Waals surface area contributed by atoms with Gasteiger partial charge >= 0.3 is 0 Å². The smallest absolute Gasteiger partial charge is 0.207 e. The molecule has 3 rings (SSSR count). The number of hydrogen-bond donors (Lipinski definition) is 1. The summed E-state index contributed by atoms with van der Waals surface area (Å²) in [6.07, 6.45) is 4.17. The lowest BCUT2D eigenvalue weighted by Gasteiger charge is -2.31. The van der Waals surface area contributed by atoms with E-state index in [1.54, 1.807) is 23.9 Å². The van der Waals surface area contributed by atoms with Crippen LogP contribution in [0.2, 0.25) is 0 Å². The number of benzene rings is 2. The largest absolute Gasteiger partial charge is 0.240 e. The van der Waals surface area contributed by atoms with Gasteiger partial charge in [-0.15, -0.1) is 11.8 Å². The van der Waals surface area contributed by atoms with Crippen LogP contribution in [0.5, 0.6) is 0 Å². The van der Waals surface area contributed by atoms with Crippen LogP contribution in [0.15, 0.2) is 58.3 Å². The van der Waals surface area contributed by atoms with Gasteiger partial charge in [-0.05, 0) is 51.0 Å². The molecule has 0 bridgehead atoms. The van der Waals surface area contributed by atoms with Crippen molar-refractivity contribution in [3.63, 3.8) is 0 Å². The van der Waals surface area contributed by atoms with Gasteiger partial charge in [0.25, 0.3) is 0 Å². The van der Waals surface area contributed by atoms with Gasteiger partial charge in [-0.3, -0.25) is 0 Å². The van der Waals surface area contributed by atoms with E-state index in [4.69, 9.17) is 0 Å². The Bertz CT molecular complexity index is 799. The van der Waals surface area contributed by atoms with Gasteiger partial charge in [0.15, 0.2) is 0 Å². The third-order valence-electron chi connectivity index (χ3n) is 4.65. The summed E-state index contributed by atoms with van der Waals surface area (Å²) in [6, 6.07) is 15.5. The van der Waals surface area contributed by atoms with Crippen molar-refractivity contribution in [2.45, 2.75) is 60.6 Å². The first-order valence-electron chi connectivity index (χ1n) is 8.76. The zero-order chi connectivity index (χ0) is 17.9. The van der Waals surface area contributed by atoms with E-state index in [2.05, 4.69) is 35.9 Å². The Kier molecular flexibility index (Phi) is 5.87. The maximum absolute atomic E-state index is 12.7. The number of aryl methyl sites for hydroxylation is 2. The van der Waals surface area contributed by atoms with Gasteiger partial charge in [-0.1, -0.05) is 48.2 Å². The van der Waals surface area contributed by atoms with Crippen molar-refractivity contribution in [2.24, 2.45) is 0 Å². The zero-order valence-corrected chi connectivity index (χ0v) is 16.4. The van der Waals surface area contributed by atoms with Gasteiger partial charge in [0.1, 0.15) is 0 Å². The van der Waals surface area contributed by atoms with E-state index in [-0.39, 0.29) is 11.3 Å². The second-order valence-corrected chi connectivity index (χ2v) is 9.82. The Morgan fingerprint density at radius 1 is 0.880 bits per heavy atom. The van der Waals surface area contributed by atoms with E-state index in [1.165, 1.54) is 10.5 Å². The molecule has 25 heavy (non-hydrogen) atoms. The summed E-state index contributed by atoms with van der Waals surface area (Å²) in [5, 5.41) is 0.275. The molecular formula is C20H25NO2S2. The maximum Gasteiger partial charge on any atom is 0.240 e. The molecule has 0 heterocycles. The number of rotatable bonds is 5. The summed E-state index contributed by atoms with van der Waals surface area (Å²) in [5.41, 5.74) is 2.30. The van der Waals surface area contributed by atoms with Gasteiger partial charge in [0.05, 0.1) is 4.90 Å². The Labute approximate surface area is 155 Å². The molecule has 134 valence electrons. The van der Waals surface area contributed by atoms with E-state index in [9.17, 15) is 8.42 Å². The summed E-state index contributed by atoms with van der Waals surface area (Å²) in [4.78, 5) is 1.56. The topological polar surface area (TPSA) is 46.2 Å². The second kappa shape index (κ2) is 7.94. The fraction of sp³-hybridized carbons (Fsp3) is 0.400. The van der Waals surface area contributed by atoms with Crippen molar-refractivity contribution in [1.82, 2.24) is 4.72 Å². The Morgan fingerprint density at radius 3 is 2.08 bits per heavy atom. The fourth-order valence-electron chi connectivity index (χ4n) is 3.15. The first-order valence-corrected chi connectivity index (χ1v) is 11.1. The second-order valence-electron chi connectivity index (χ2n) is 6.79. The fourth-order valence-corrected chi connectivity index (χ4v) is 5.84. The number of hydrogen-bond acceptors (Lipinski definition) is 3. The molecule has 0 amide bonds. The molecule has 0 aromatic heterocycles. The normalized spacial score (nSPS) is 21.2. The third kappa shape index (κ3) is 4.87. The molecule has 1 saturated carbocycles. The lowest BCUT2D eigenvalue weighted by atomic mass is 9.96. The molecule has 0 radical (unpaired) electrons. The average molecular weight is 376 g/mol. The molecular weight excluding hydrogens is 350 g/mol. The molecule has 2 atom stereocenters. The summed E-state index contributed by atoms with van der Waals surface area (Å²) >= 11 is 1.79. The lowest BCUT2D eigenvalue weighted by Crippen LogP contribution is -2.43. The molecule has 3 nitrogen and oxygen atoms in total. The third-order valence-corrected chi connectivity index (χ3v) is 7.57. The molecule has 1 aliphatic carbocycles. The van der Waals surface area contributed by atoms with Crippen LogP contribution in [-0.4, -0.2) is 19.7 Å². The average Bonchev–Trinajstić information content (AvgIpc) is 2.59. The van der Waals surface area contributed by atoms with E-state index in [1.807, 2.05) is 19.1 Å². The predicted octanol–water partition coefficient (Wildman–Crippen LogP) is 4.69. The van der Waals surface area contributed by atoms with Gasteiger partial charge in [0, 0.05) is 16.2 Å². The summed E-state index contributed by atoms with van der Waals surface area (Å²) < 4.78 is 28.4. The van der Waals surface area contributed by atoms with Crippen LogP contribution in [0.4, 0.5) is 0 Å². The molecule has 0 unspecified atom stereocenters.